The Bertz CT molecular complexity index is 1100. The highest BCUT2D eigenvalue weighted by atomic mass is 32.1. The summed E-state index contributed by atoms with van der Waals surface area (Å²) in [6.45, 7) is 4.96. The summed E-state index contributed by atoms with van der Waals surface area (Å²) < 4.78 is 40.1. The Balaban J connectivity index is 1.25. The summed E-state index contributed by atoms with van der Waals surface area (Å²) in [5, 5.41) is 21.4. The molecule has 4 heterocycles. The first-order valence-corrected chi connectivity index (χ1v) is 12.8. The molecule has 3 aliphatic heterocycles. The van der Waals surface area contributed by atoms with Crippen LogP contribution in [-0.4, -0.2) is 76.9 Å². The Hall–Kier alpha value is -2.32. The third-order valence-corrected chi connectivity index (χ3v) is 8.11. The lowest BCUT2D eigenvalue weighted by molar-refractivity contribution is -0.0907. The largest absolute Gasteiger partial charge is 0.416 e. The van der Waals surface area contributed by atoms with Crippen LogP contribution >= 0.6 is 11.3 Å². The van der Waals surface area contributed by atoms with Crippen molar-refractivity contribution in [1.29, 1.82) is 0 Å². The minimum Gasteiger partial charge on any atom is -0.373 e. The zero-order chi connectivity index (χ0) is 25.6. The fourth-order valence-corrected chi connectivity index (χ4v) is 5.64. The van der Waals surface area contributed by atoms with Gasteiger partial charge in [-0.25, -0.2) is 9.98 Å². The van der Waals surface area contributed by atoms with Gasteiger partial charge in [0, 0.05) is 19.4 Å². The molecular formula is C23H31F3N8OS. The van der Waals surface area contributed by atoms with Gasteiger partial charge in [0.1, 0.15) is 35.7 Å². The maximum atomic E-state index is 13.4. The van der Waals surface area contributed by atoms with Crippen LogP contribution in [0.2, 0.25) is 0 Å². The summed E-state index contributed by atoms with van der Waals surface area (Å²) in [5.41, 5.74) is -0.572. The molecule has 1 saturated carbocycles. The fraction of sp³-hybridized carbons (Fsp3) is 0.609. The van der Waals surface area contributed by atoms with Crippen molar-refractivity contribution in [2.75, 3.05) is 20.3 Å². The van der Waals surface area contributed by atoms with Crippen molar-refractivity contribution in [3.8, 4) is 0 Å². The van der Waals surface area contributed by atoms with E-state index in [1.54, 1.807) is 24.5 Å². The lowest BCUT2D eigenvalue weighted by atomic mass is 10.0. The third-order valence-electron chi connectivity index (χ3n) is 6.87. The number of aliphatic imine (C=N–C) groups is 2. The number of rotatable bonds is 8. The van der Waals surface area contributed by atoms with Crippen LogP contribution in [0, 0.1) is 5.92 Å². The van der Waals surface area contributed by atoms with Crippen molar-refractivity contribution in [2.24, 2.45) is 15.9 Å². The first kappa shape index (κ1) is 25.3. The summed E-state index contributed by atoms with van der Waals surface area (Å²) in [7, 11) is 1.67. The lowest BCUT2D eigenvalue weighted by Gasteiger charge is -2.33. The Morgan fingerprint density at radius 3 is 2.81 bits per heavy atom. The van der Waals surface area contributed by atoms with Crippen LogP contribution in [0.4, 0.5) is 13.2 Å². The van der Waals surface area contributed by atoms with E-state index in [0.29, 0.717) is 17.5 Å². The highest BCUT2D eigenvalue weighted by Gasteiger charge is 2.40. The van der Waals surface area contributed by atoms with Crippen molar-refractivity contribution in [2.45, 2.75) is 63.5 Å². The predicted molar refractivity (Wildman–Crippen MR) is 132 cm³/mol. The number of amidine groups is 1. The molecule has 13 heteroatoms. The molecule has 1 saturated heterocycles. The van der Waals surface area contributed by atoms with E-state index in [1.807, 2.05) is 6.92 Å². The number of allylic oxidation sites excluding steroid dienone is 2. The van der Waals surface area contributed by atoms with Gasteiger partial charge in [-0.05, 0) is 44.3 Å². The Labute approximate surface area is 211 Å². The zero-order valence-electron chi connectivity index (χ0n) is 20.3. The summed E-state index contributed by atoms with van der Waals surface area (Å²) in [5.74, 6) is 1.48. The Morgan fingerprint density at radius 2 is 2.08 bits per heavy atom. The van der Waals surface area contributed by atoms with Gasteiger partial charge in [0.15, 0.2) is 0 Å². The summed E-state index contributed by atoms with van der Waals surface area (Å²) in [4.78, 5) is 17.9. The summed E-state index contributed by atoms with van der Waals surface area (Å²) >= 11 is 1.33. The minimum atomic E-state index is -4.46. The van der Waals surface area contributed by atoms with Crippen LogP contribution in [0.1, 0.15) is 48.8 Å². The second-order valence-corrected chi connectivity index (χ2v) is 10.8. The van der Waals surface area contributed by atoms with Crippen molar-refractivity contribution < 1.29 is 18.3 Å². The van der Waals surface area contributed by atoms with E-state index in [2.05, 4.69) is 35.8 Å². The van der Waals surface area contributed by atoms with Gasteiger partial charge in [0.25, 0.3) is 0 Å². The van der Waals surface area contributed by atoms with Gasteiger partial charge < -0.3 is 14.9 Å². The van der Waals surface area contributed by atoms with Crippen molar-refractivity contribution >= 4 is 23.5 Å². The number of halogens is 3. The molecule has 0 radical (unpaired) electrons. The molecule has 5 unspecified atom stereocenters. The zero-order valence-corrected chi connectivity index (χ0v) is 21.1. The Kier molecular flexibility index (Phi) is 6.94. The van der Waals surface area contributed by atoms with Gasteiger partial charge in [0.2, 0.25) is 0 Å². The smallest absolute Gasteiger partial charge is 0.373 e. The fourth-order valence-electron chi connectivity index (χ4n) is 4.77. The van der Waals surface area contributed by atoms with E-state index >= 15 is 0 Å². The molecule has 36 heavy (non-hydrogen) atoms. The molecule has 196 valence electrons. The summed E-state index contributed by atoms with van der Waals surface area (Å²) in [6, 6.07) is -0.0344. The molecule has 4 N–H and O–H groups in total. The molecule has 5 rings (SSSR count). The molecule has 2 bridgehead atoms. The number of nitrogens with zero attached hydrogens (tertiary/aromatic N) is 5. The molecule has 0 amide bonds. The molecule has 1 aromatic rings. The third kappa shape index (κ3) is 5.35. The van der Waals surface area contributed by atoms with Gasteiger partial charge >= 0.3 is 6.18 Å². The van der Waals surface area contributed by atoms with Crippen LogP contribution < -0.4 is 16.0 Å². The predicted octanol–water partition coefficient (Wildman–Crippen LogP) is 2.45. The minimum absolute atomic E-state index is 0.0670. The van der Waals surface area contributed by atoms with Gasteiger partial charge in [0.05, 0.1) is 35.7 Å². The van der Waals surface area contributed by atoms with E-state index in [0.717, 1.165) is 36.3 Å². The van der Waals surface area contributed by atoms with Crippen LogP contribution in [0.3, 0.4) is 0 Å². The van der Waals surface area contributed by atoms with Crippen molar-refractivity contribution in [3.05, 3.63) is 39.5 Å². The maximum absolute atomic E-state index is 13.4. The number of likely N-dealkylation sites (N-methyl/N-ethyl adjacent to an activating group) is 1. The number of alkyl halides is 3. The molecule has 9 nitrogen and oxygen atoms in total. The second kappa shape index (κ2) is 9.86. The molecule has 2 fully saturated rings. The van der Waals surface area contributed by atoms with Gasteiger partial charge in [-0.15, -0.1) is 11.3 Å². The van der Waals surface area contributed by atoms with Crippen molar-refractivity contribution in [3.63, 3.8) is 0 Å². The highest BCUT2D eigenvalue weighted by molar-refractivity contribution is 7.11. The number of hydrogen-bond donors (Lipinski definition) is 4. The quantitative estimate of drug-likeness (QED) is 0.388. The Morgan fingerprint density at radius 1 is 1.31 bits per heavy atom. The standard InChI is InChI=1S/C23H31F3N8OS/c1-12-8-33(3)18(6-15(12)23(24,25)26)32-21(35)16-7-27-22(36-16)13(2)31-19(14-4-5-14)20-29-10-28-17-9-34(20)11-30-17/h6-8,10,13-14,17-19,21,30-32,35H,4-5,9,11H2,1-3H3. The molecule has 1 aliphatic carbocycles. The average molecular weight is 525 g/mol. The van der Waals surface area contributed by atoms with Crippen LogP contribution in [0.5, 0.6) is 0 Å². The van der Waals surface area contributed by atoms with Crippen molar-refractivity contribution in [1.82, 2.24) is 30.7 Å². The number of nitrogens with one attached hydrogen (secondary N) is 3. The van der Waals surface area contributed by atoms with Gasteiger partial charge in [-0.2, -0.15) is 13.2 Å². The number of hydrogen-bond acceptors (Lipinski definition) is 10. The van der Waals surface area contributed by atoms with Gasteiger partial charge in [-0.3, -0.25) is 20.9 Å². The normalized spacial score (nSPS) is 26.8. The van der Waals surface area contributed by atoms with E-state index in [4.69, 9.17) is 0 Å². The SMILES string of the molecule is CC1=CN(C)C(NC(O)c2cnc(C(C)NC(C3=NC=NC4CN3CN4)C3CC3)s2)C=C1C(F)(F)F. The highest BCUT2D eigenvalue weighted by Crippen LogP contribution is 2.37. The first-order chi connectivity index (χ1) is 17.1. The number of aromatic nitrogens is 1. The van der Waals surface area contributed by atoms with E-state index in [-0.39, 0.29) is 23.8 Å². The molecule has 4 aliphatic rings. The van der Waals surface area contributed by atoms with Crippen LogP contribution in [0.25, 0.3) is 0 Å². The molecule has 1 aromatic heterocycles. The molecular weight excluding hydrogens is 493 g/mol. The monoisotopic (exact) mass is 524 g/mol. The molecule has 5 atom stereocenters. The molecule has 0 spiro atoms. The van der Waals surface area contributed by atoms with E-state index in [1.165, 1.54) is 24.5 Å². The van der Waals surface area contributed by atoms with Gasteiger partial charge in [-0.1, -0.05) is 0 Å². The number of thiazole rings is 1. The van der Waals surface area contributed by atoms with E-state index < -0.39 is 24.1 Å². The number of aliphatic hydroxyl groups is 1. The topological polar surface area (TPSA) is 100 Å². The van der Waals surface area contributed by atoms with E-state index in [9.17, 15) is 18.3 Å². The second-order valence-electron chi connectivity index (χ2n) is 9.73. The first-order valence-electron chi connectivity index (χ1n) is 12.0. The molecule has 0 aromatic carbocycles. The average Bonchev–Trinajstić information content (AvgIpc) is 3.39. The number of fused-ring (bicyclic) bond motifs is 2. The maximum Gasteiger partial charge on any atom is 0.416 e. The van der Waals surface area contributed by atoms with Crippen LogP contribution in [0.15, 0.2) is 39.6 Å². The number of aliphatic hydroxyl groups excluding tert-OH is 1. The van der Waals surface area contributed by atoms with Crippen LogP contribution in [-0.2, 0) is 0 Å². The summed E-state index contributed by atoms with van der Waals surface area (Å²) in [6.07, 6.45) is 1.64. The lowest BCUT2D eigenvalue weighted by Crippen LogP contribution is -2.48.